The van der Waals surface area contributed by atoms with Crippen LogP contribution in [0.3, 0.4) is 0 Å². The average molecular weight is 202 g/mol. The number of nitrogens with one attached hydrogen (secondary N) is 1. The fourth-order valence-corrected chi connectivity index (χ4v) is 1.26. The second-order valence-corrected chi connectivity index (χ2v) is 3.93. The number of nitrogens with two attached hydrogens (primary N) is 1. The first-order chi connectivity index (χ1) is 6.47. The summed E-state index contributed by atoms with van der Waals surface area (Å²) >= 11 is 0. The summed E-state index contributed by atoms with van der Waals surface area (Å²) in [4.78, 5) is 11.6. The summed E-state index contributed by atoms with van der Waals surface area (Å²) in [5, 5.41) is 11.6. The van der Waals surface area contributed by atoms with Crippen molar-refractivity contribution in [3.8, 4) is 0 Å². The Balaban J connectivity index is 4.17. The topological polar surface area (TPSA) is 75.4 Å². The lowest BCUT2D eigenvalue weighted by atomic mass is 9.96. The SMILES string of the molecule is CCCC(C)(N)C(=O)N[C@H](CC)CO. The Morgan fingerprint density at radius 2 is 2.14 bits per heavy atom. The Morgan fingerprint density at radius 1 is 1.57 bits per heavy atom. The van der Waals surface area contributed by atoms with Crippen molar-refractivity contribution in [3.63, 3.8) is 0 Å². The highest BCUT2D eigenvalue weighted by Crippen LogP contribution is 2.09. The number of carbonyl (C=O) groups is 1. The first-order valence-corrected chi connectivity index (χ1v) is 5.18. The third-order valence-corrected chi connectivity index (χ3v) is 2.34. The molecule has 1 amide bonds. The van der Waals surface area contributed by atoms with Crippen molar-refractivity contribution in [3.05, 3.63) is 0 Å². The molecular weight excluding hydrogens is 180 g/mol. The minimum Gasteiger partial charge on any atom is -0.394 e. The molecule has 0 aromatic rings. The van der Waals surface area contributed by atoms with Crippen LogP contribution in [0.4, 0.5) is 0 Å². The Morgan fingerprint density at radius 3 is 2.50 bits per heavy atom. The molecule has 4 N–H and O–H groups in total. The quantitative estimate of drug-likeness (QED) is 0.583. The van der Waals surface area contributed by atoms with Gasteiger partial charge in [0.15, 0.2) is 0 Å². The Kier molecular flexibility index (Phi) is 5.72. The molecule has 2 atom stereocenters. The van der Waals surface area contributed by atoms with E-state index in [-0.39, 0.29) is 18.6 Å². The first kappa shape index (κ1) is 13.4. The maximum Gasteiger partial charge on any atom is 0.240 e. The molecule has 0 saturated heterocycles. The molecule has 84 valence electrons. The van der Waals surface area contributed by atoms with E-state index in [2.05, 4.69) is 5.32 Å². The second kappa shape index (κ2) is 5.98. The number of aliphatic hydroxyl groups is 1. The molecule has 0 aliphatic rings. The van der Waals surface area contributed by atoms with Gasteiger partial charge in [0.25, 0.3) is 0 Å². The van der Waals surface area contributed by atoms with E-state index in [1.807, 2.05) is 13.8 Å². The highest BCUT2D eigenvalue weighted by atomic mass is 16.3. The lowest BCUT2D eigenvalue weighted by Gasteiger charge is -2.25. The van der Waals surface area contributed by atoms with Crippen molar-refractivity contribution in [1.82, 2.24) is 5.32 Å². The molecule has 0 saturated carbocycles. The van der Waals surface area contributed by atoms with Gasteiger partial charge < -0.3 is 16.2 Å². The monoisotopic (exact) mass is 202 g/mol. The molecule has 0 spiro atoms. The van der Waals surface area contributed by atoms with Crippen LogP contribution in [0, 0.1) is 0 Å². The summed E-state index contributed by atoms with van der Waals surface area (Å²) in [6.07, 6.45) is 2.24. The van der Waals surface area contributed by atoms with Gasteiger partial charge in [0.2, 0.25) is 5.91 Å². The molecule has 0 aliphatic carbocycles. The molecule has 0 aliphatic heterocycles. The molecule has 0 heterocycles. The molecule has 4 heteroatoms. The van der Waals surface area contributed by atoms with Crippen LogP contribution in [-0.2, 0) is 4.79 Å². The summed E-state index contributed by atoms with van der Waals surface area (Å²) < 4.78 is 0. The van der Waals surface area contributed by atoms with Gasteiger partial charge in [0.05, 0.1) is 18.2 Å². The van der Waals surface area contributed by atoms with Crippen molar-refractivity contribution in [2.45, 2.75) is 51.6 Å². The molecule has 0 fully saturated rings. The average Bonchev–Trinajstić information content (AvgIpc) is 2.13. The van der Waals surface area contributed by atoms with E-state index < -0.39 is 5.54 Å². The van der Waals surface area contributed by atoms with Crippen molar-refractivity contribution in [2.75, 3.05) is 6.61 Å². The van der Waals surface area contributed by atoms with Gasteiger partial charge in [-0.15, -0.1) is 0 Å². The predicted molar refractivity (Wildman–Crippen MR) is 56.8 cm³/mol. The van der Waals surface area contributed by atoms with E-state index in [9.17, 15) is 4.79 Å². The standard InChI is InChI=1S/C10H22N2O2/c1-4-6-10(3,11)9(14)12-8(5-2)7-13/h8,13H,4-7,11H2,1-3H3,(H,12,14)/t8-,10?/m1/s1. The lowest BCUT2D eigenvalue weighted by molar-refractivity contribution is -0.127. The fraction of sp³-hybridized carbons (Fsp3) is 0.900. The highest BCUT2D eigenvalue weighted by Gasteiger charge is 2.28. The fourth-order valence-electron chi connectivity index (χ4n) is 1.26. The smallest absolute Gasteiger partial charge is 0.240 e. The summed E-state index contributed by atoms with van der Waals surface area (Å²) in [5.41, 5.74) is 5.01. The number of amides is 1. The van der Waals surface area contributed by atoms with Gasteiger partial charge in [-0.05, 0) is 19.8 Å². The zero-order chi connectivity index (χ0) is 11.2. The van der Waals surface area contributed by atoms with Crippen molar-refractivity contribution >= 4 is 5.91 Å². The highest BCUT2D eigenvalue weighted by molar-refractivity contribution is 5.85. The van der Waals surface area contributed by atoms with Crippen LogP contribution in [0.2, 0.25) is 0 Å². The summed E-state index contributed by atoms with van der Waals surface area (Å²) in [6.45, 7) is 5.58. The van der Waals surface area contributed by atoms with Crippen molar-refractivity contribution in [2.24, 2.45) is 5.73 Å². The summed E-state index contributed by atoms with van der Waals surface area (Å²) in [7, 11) is 0. The Labute approximate surface area is 85.9 Å². The zero-order valence-corrected chi connectivity index (χ0v) is 9.34. The van der Waals surface area contributed by atoms with Crippen LogP contribution >= 0.6 is 0 Å². The molecule has 0 radical (unpaired) electrons. The van der Waals surface area contributed by atoms with E-state index in [0.29, 0.717) is 12.8 Å². The molecular formula is C10H22N2O2. The Bertz CT molecular complexity index is 177. The normalized spacial score (nSPS) is 17.2. The zero-order valence-electron chi connectivity index (χ0n) is 9.34. The van der Waals surface area contributed by atoms with Crippen LogP contribution in [0.25, 0.3) is 0 Å². The molecule has 0 aromatic heterocycles. The minimum atomic E-state index is -0.822. The van der Waals surface area contributed by atoms with Crippen LogP contribution in [0.5, 0.6) is 0 Å². The molecule has 1 unspecified atom stereocenters. The molecule has 0 rings (SSSR count). The first-order valence-electron chi connectivity index (χ1n) is 5.18. The number of carbonyl (C=O) groups excluding carboxylic acids is 1. The third-order valence-electron chi connectivity index (χ3n) is 2.34. The van der Waals surface area contributed by atoms with Gasteiger partial charge >= 0.3 is 0 Å². The van der Waals surface area contributed by atoms with Gasteiger partial charge in [-0.2, -0.15) is 0 Å². The number of hydrogen-bond acceptors (Lipinski definition) is 3. The van der Waals surface area contributed by atoms with Gasteiger partial charge in [-0.25, -0.2) is 0 Å². The molecule has 0 bridgehead atoms. The molecule has 14 heavy (non-hydrogen) atoms. The summed E-state index contributed by atoms with van der Waals surface area (Å²) in [6, 6.07) is -0.178. The van der Waals surface area contributed by atoms with Crippen LogP contribution in [-0.4, -0.2) is 29.2 Å². The minimum absolute atomic E-state index is 0.0373. The van der Waals surface area contributed by atoms with Gasteiger partial charge in [0.1, 0.15) is 0 Å². The largest absolute Gasteiger partial charge is 0.394 e. The van der Waals surface area contributed by atoms with Crippen LogP contribution < -0.4 is 11.1 Å². The molecule has 0 aromatic carbocycles. The number of rotatable bonds is 6. The van der Waals surface area contributed by atoms with E-state index in [1.54, 1.807) is 6.92 Å². The summed E-state index contributed by atoms with van der Waals surface area (Å²) in [5.74, 6) is -0.180. The maximum atomic E-state index is 11.6. The van der Waals surface area contributed by atoms with E-state index >= 15 is 0 Å². The predicted octanol–water partition coefficient (Wildman–Crippen LogP) is 0.391. The number of aliphatic hydroxyl groups excluding tert-OH is 1. The molecule has 4 nitrogen and oxygen atoms in total. The van der Waals surface area contributed by atoms with Gasteiger partial charge in [-0.3, -0.25) is 4.79 Å². The van der Waals surface area contributed by atoms with Gasteiger partial charge in [-0.1, -0.05) is 20.3 Å². The maximum absolute atomic E-state index is 11.6. The van der Waals surface area contributed by atoms with E-state index in [4.69, 9.17) is 10.8 Å². The van der Waals surface area contributed by atoms with Gasteiger partial charge in [0, 0.05) is 0 Å². The van der Waals surface area contributed by atoms with Crippen LogP contribution in [0.15, 0.2) is 0 Å². The second-order valence-electron chi connectivity index (χ2n) is 3.93. The van der Waals surface area contributed by atoms with Crippen molar-refractivity contribution < 1.29 is 9.90 Å². The lowest BCUT2D eigenvalue weighted by Crippen LogP contribution is -2.54. The van der Waals surface area contributed by atoms with Crippen molar-refractivity contribution in [1.29, 1.82) is 0 Å². The van der Waals surface area contributed by atoms with Crippen LogP contribution in [0.1, 0.15) is 40.0 Å². The third kappa shape index (κ3) is 4.07. The van der Waals surface area contributed by atoms with E-state index in [0.717, 1.165) is 6.42 Å². The number of hydrogen-bond donors (Lipinski definition) is 3. The Hall–Kier alpha value is -0.610. The van der Waals surface area contributed by atoms with E-state index in [1.165, 1.54) is 0 Å².